The molecular weight excluding hydrogens is 262 g/mol. The molecule has 0 aromatic carbocycles. The van der Waals surface area contributed by atoms with Gasteiger partial charge >= 0.3 is 0 Å². The lowest BCUT2D eigenvalue weighted by atomic mass is 10.1. The Labute approximate surface area is 115 Å². The molecule has 5 nitrogen and oxygen atoms in total. The van der Waals surface area contributed by atoms with Crippen LogP contribution in [0.2, 0.25) is 0 Å². The summed E-state index contributed by atoms with van der Waals surface area (Å²) in [5, 5.41) is 7.95. The minimum atomic E-state index is -2.83. The van der Waals surface area contributed by atoms with E-state index in [0.29, 0.717) is 12.2 Å². The maximum atomic E-state index is 11.5. The molecule has 1 N–H and O–H groups in total. The van der Waals surface area contributed by atoms with Crippen molar-refractivity contribution in [1.29, 1.82) is 0 Å². The van der Waals surface area contributed by atoms with Gasteiger partial charge < -0.3 is 5.32 Å². The highest BCUT2D eigenvalue weighted by Crippen LogP contribution is 2.23. The molecular formula is C13H23N3O2S. The highest BCUT2D eigenvalue weighted by molar-refractivity contribution is 7.91. The van der Waals surface area contributed by atoms with Gasteiger partial charge in [-0.25, -0.2) is 8.42 Å². The monoisotopic (exact) mass is 285 g/mol. The first-order valence-electron chi connectivity index (χ1n) is 6.84. The fourth-order valence-corrected chi connectivity index (χ4v) is 4.69. The highest BCUT2D eigenvalue weighted by Gasteiger charge is 2.29. The van der Waals surface area contributed by atoms with E-state index in [1.807, 2.05) is 11.6 Å². The van der Waals surface area contributed by atoms with Gasteiger partial charge in [0, 0.05) is 29.9 Å². The minimum absolute atomic E-state index is 0.0729. The maximum Gasteiger partial charge on any atom is 0.151 e. The van der Waals surface area contributed by atoms with Crippen molar-refractivity contribution in [3.05, 3.63) is 17.0 Å². The van der Waals surface area contributed by atoms with Gasteiger partial charge in [0.1, 0.15) is 0 Å². The predicted molar refractivity (Wildman–Crippen MR) is 76.0 cm³/mol. The van der Waals surface area contributed by atoms with E-state index >= 15 is 0 Å². The standard InChI is InChI=1S/C13H23N3O2S/c1-5-16-11(4)13(10(3)15-16)9(2)14-12-6-7-19(17,18)8-12/h9,12,14H,5-8H2,1-4H3. The van der Waals surface area contributed by atoms with E-state index in [-0.39, 0.29) is 17.8 Å². The van der Waals surface area contributed by atoms with Gasteiger partial charge in [0.2, 0.25) is 0 Å². The van der Waals surface area contributed by atoms with E-state index in [0.717, 1.165) is 12.2 Å². The molecule has 0 saturated carbocycles. The summed E-state index contributed by atoms with van der Waals surface area (Å²) in [5.74, 6) is 0.570. The van der Waals surface area contributed by atoms with Gasteiger partial charge in [-0.05, 0) is 34.1 Å². The Morgan fingerprint density at radius 3 is 2.63 bits per heavy atom. The molecule has 2 unspecified atom stereocenters. The zero-order valence-corrected chi connectivity index (χ0v) is 12.9. The van der Waals surface area contributed by atoms with Crippen LogP contribution in [0.4, 0.5) is 0 Å². The summed E-state index contributed by atoms with van der Waals surface area (Å²) >= 11 is 0. The summed E-state index contributed by atoms with van der Waals surface area (Å²) in [4.78, 5) is 0. The van der Waals surface area contributed by atoms with E-state index < -0.39 is 9.84 Å². The van der Waals surface area contributed by atoms with Crippen LogP contribution in [0.1, 0.15) is 43.3 Å². The third-order valence-corrected chi connectivity index (χ3v) is 5.66. The number of hydrogen-bond donors (Lipinski definition) is 1. The fourth-order valence-electron chi connectivity index (χ4n) is 3.01. The largest absolute Gasteiger partial charge is 0.306 e. The number of nitrogens with one attached hydrogen (secondary N) is 1. The number of aryl methyl sites for hydroxylation is 2. The highest BCUT2D eigenvalue weighted by atomic mass is 32.2. The lowest BCUT2D eigenvalue weighted by Gasteiger charge is -2.19. The molecule has 1 aliphatic heterocycles. The van der Waals surface area contributed by atoms with Crippen molar-refractivity contribution in [2.75, 3.05) is 11.5 Å². The molecule has 0 amide bonds. The molecule has 1 aliphatic rings. The van der Waals surface area contributed by atoms with Gasteiger partial charge in [-0.1, -0.05) is 0 Å². The average Bonchev–Trinajstić information content (AvgIpc) is 2.78. The zero-order valence-electron chi connectivity index (χ0n) is 12.1. The Hall–Kier alpha value is -0.880. The Morgan fingerprint density at radius 1 is 1.47 bits per heavy atom. The van der Waals surface area contributed by atoms with Gasteiger partial charge in [0.05, 0.1) is 17.2 Å². The molecule has 19 heavy (non-hydrogen) atoms. The van der Waals surface area contributed by atoms with Crippen LogP contribution in [0.15, 0.2) is 0 Å². The first-order valence-corrected chi connectivity index (χ1v) is 8.66. The third-order valence-electron chi connectivity index (χ3n) is 3.89. The van der Waals surface area contributed by atoms with Crippen molar-refractivity contribution in [2.45, 2.75) is 52.7 Å². The lowest BCUT2D eigenvalue weighted by Crippen LogP contribution is -2.32. The summed E-state index contributed by atoms with van der Waals surface area (Å²) in [5.41, 5.74) is 3.40. The Balaban J connectivity index is 2.12. The van der Waals surface area contributed by atoms with Crippen LogP contribution in [0.3, 0.4) is 0 Å². The molecule has 1 fully saturated rings. The van der Waals surface area contributed by atoms with Crippen LogP contribution in [0, 0.1) is 13.8 Å². The van der Waals surface area contributed by atoms with Crippen LogP contribution in [0.25, 0.3) is 0 Å². The molecule has 0 spiro atoms. The molecule has 0 bridgehead atoms. The van der Waals surface area contributed by atoms with Crippen LogP contribution < -0.4 is 5.32 Å². The second-order valence-electron chi connectivity index (χ2n) is 5.39. The van der Waals surface area contributed by atoms with E-state index in [4.69, 9.17) is 0 Å². The Morgan fingerprint density at radius 2 is 2.16 bits per heavy atom. The second-order valence-corrected chi connectivity index (χ2v) is 7.62. The molecule has 0 radical (unpaired) electrons. The van der Waals surface area contributed by atoms with Gasteiger partial charge in [-0.15, -0.1) is 0 Å². The minimum Gasteiger partial charge on any atom is -0.306 e. The predicted octanol–water partition coefficient (Wildman–Crippen LogP) is 1.36. The summed E-state index contributed by atoms with van der Waals surface area (Å²) in [7, 11) is -2.83. The average molecular weight is 285 g/mol. The second kappa shape index (κ2) is 5.25. The number of nitrogens with zero attached hydrogens (tertiary/aromatic N) is 2. The van der Waals surface area contributed by atoms with Gasteiger partial charge in [0.15, 0.2) is 9.84 Å². The van der Waals surface area contributed by atoms with Gasteiger partial charge in [-0.2, -0.15) is 5.10 Å². The first-order chi connectivity index (χ1) is 8.84. The molecule has 2 heterocycles. The Bertz CT molecular complexity index is 563. The van der Waals surface area contributed by atoms with Crippen LogP contribution >= 0.6 is 0 Å². The lowest BCUT2D eigenvalue weighted by molar-refractivity contribution is 0.481. The zero-order chi connectivity index (χ0) is 14.2. The quantitative estimate of drug-likeness (QED) is 0.907. The molecule has 108 valence electrons. The van der Waals surface area contributed by atoms with Gasteiger partial charge in [-0.3, -0.25) is 4.68 Å². The van der Waals surface area contributed by atoms with Crippen molar-refractivity contribution < 1.29 is 8.42 Å². The Kier molecular flexibility index (Phi) is 4.01. The van der Waals surface area contributed by atoms with Crippen LogP contribution in [0.5, 0.6) is 0 Å². The molecule has 2 rings (SSSR count). The van der Waals surface area contributed by atoms with Crippen molar-refractivity contribution in [1.82, 2.24) is 15.1 Å². The maximum absolute atomic E-state index is 11.5. The molecule has 1 aromatic heterocycles. The van der Waals surface area contributed by atoms with Crippen LogP contribution in [-0.2, 0) is 16.4 Å². The van der Waals surface area contributed by atoms with Crippen molar-refractivity contribution in [2.24, 2.45) is 0 Å². The van der Waals surface area contributed by atoms with Crippen molar-refractivity contribution >= 4 is 9.84 Å². The third kappa shape index (κ3) is 3.00. The topological polar surface area (TPSA) is 64.0 Å². The molecule has 1 aromatic rings. The normalized spacial score (nSPS) is 23.7. The molecule has 0 aliphatic carbocycles. The van der Waals surface area contributed by atoms with Crippen molar-refractivity contribution in [3.8, 4) is 0 Å². The van der Waals surface area contributed by atoms with E-state index in [2.05, 4.69) is 31.2 Å². The van der Waals surface area contributed by atoms with E-state index in [1.165, 1.54) is 11.3 Å². The van der Waals surface area contributed by atoms with Crippen LogP contribution in [-0.4, -0.2) is 35.7 Å². The number of sulfone groups is 1. The van der Waals surface area contributed by atoms with E-state index in [9.17, 15) is 8.42 Å². The van der Waals surface area contributed by atoms with Crippen molar-refractivity contribution in [3.63, 3.8) is 0 Å². The summed E-state index contributed by atoms with van der Waals surface area (Å²) in [6, 6.07) is 0.211. The molecule has 2 atom stereocenters. The number of aromatic nitrogens is 2. The summed E-state index contributed by atoms with van der Waals surface area (Å²) in [6.45, 7) is 9.10. The molecule has 6 heteroatoms. The SMILES string of the molecule is CCn1nc(C)c(C(C)NC2CCS(=O)(=O)C2)c1C. The smallest absolute Gasteiger partial charge is 0.151 e. The first kappa shape index (κ1) is 14.5. The van der Waals surface area contributed by atoms with Gasteiger partial charge in [0.25, 0.3) is 0 Å². The summed E-state index contributed by atoms with van der Waals surface area (Å²) in [6.07, 6.45) is 0.715. The fraction of sp³-hybridized carbons (Fsp3) is 0.769. The molecule has 1 saturated heterocycles. The summed E-state index contributed by atoms with van der Waals surface area (Å²) < 4.78 is 25.0. The number of hydrogen-bond acceptors (Lipinski definition) is 4. The van der Waals surface area contributed by atoms with E-state index in [1.54, 1.807) is 0 Å². The number of rotatable bonds is 4.